The molecule has 0 saturated heterocycles. The van der Waals surface area contributed by atoms with Gasteiger partial charge >= 0.3 is 0 Å². The summed E-state index contributed by atoms with van der Waals surface area (Å²) in [6, 6.07) is 12.8. The summed E-state index contributed by atoms with van der Waals surface area (Å²) in [6.07, 6.45) is 2.01. The van der Waals surface area contributed by atoms with Gasteiger partial charge in [0.15, 0.2) is 5.96 Å². The van der Waals surface area contributed by atoms with Crippen molar-refractivity contribution in [3.63, 3.8) is 0 Å². The molecular weight excluding hydrogens is 389 g/mol. The number of guanidine groups is 1. The van der Waals surface area contributed by atoms with Crippen molar-refractivity contribution in [1.82, 2.24) is 10.6 Å². The van der Waals surface area contributed by atoms with Crippen LogP contribution >= 0.6 is 11.8 Å². The molecule has 0 radical (unpaired) electrons. The lowest BCUT2D eigenvalue weighted by atomic mass is 10.1. The summed E-state index contributed by atoms with van der Waals surface area (Å²) in [5, 5.41) is 6.60. The fraction of sp³-hybridized carbons (Fsp3) is 0.409. The van der Waals surface area contributed by atoms with Crippen LogP contribution in [0.5, 0.6) is 5.75 Å². The van der Waals surface area contributed by atoms with Crippen molar-refractivity contribution in [2.45, 2.75) is 25.8 Å². The molecule has 0 saturated carbocycles. The van der Waals surface area contributed by atoms with E-state index >= 15 is 0 Å². The van der Waals surface area contributed by atoms with E-state index in [0.717, 1.165) is 40.7 Å². The molecule has 0 heterocycles. The number of nitrogens with zero attached hydrogens (tertiary/aromatic N) is 1. The van der Waals surface area contributed by atoms with Crippen molar-refractivity contribution < 1.29 is 13.9 Å². The van der Waals surface area contributed by atoms with Crippen molar-refractivity contribution in [3.8, 4) is 5.75 Å². The topological polar surface area (TPSA) is 54.9 Å². The molecule has 0 aromatic heterocycles. The molecule has 158 valence electrons. The van der Waals surface area contributed by atoms with Crippen molar-refractivity contribution in [1.29, 1.82) is 0 Å². The minimum Gasteiger partial charge on any atom is -0.491 e. The Bertz CT molecular complexity index is 786. The number of methoxy groups -OCH3 is 1. The summed E-state index contributed by atoms with van der Waals surface area (Å²) in [5.74, 6) is 2.10. The maximum atomic E-state index is 13.5. The number of nitrogens with one attached hydrogen (secondary N) is 2. The molecule has 5 nitrogen and oxygen atoms in total. The Morgan fingerprint density at radius 2 is 1.97 bits per heavy atom. The molecule has 2 aromatic carbocycles. The lowest BCUT2D eigenvalue weighted by molar-refractivity contribution is 0.146. The lowest BCUT2D eigenvalue weighted by Crippen LogP contribution is -2.37. The average Bonchev–Trinajstić information content (AvgIpc) is 2.72. The third kappa shape index (κ3) is 8.33. The third-order valence-electron chi connectivity index (χ3n) is 4.13. The molecule has 0 atom stereocenters. The smallest absolute Gasteiger partial charge is 0.191 e. The molecule has 7 heteroatoms. The van der Waals surface area contributed by atoms with Gasteiger partial charge in [-0.2, -0.15) is 11.8 Å². The third-order valence-corrected chi connectivity index (χ3v) is 4.73. The maximum Gasteiger partial charge on any atom is 0.191 e. The number of aliphatic imine (C=N–C) groups is 1. The van der Waals surface area contributed by atoms with Crippen LogP contribution in [-0.2, 0) is 23.6 Å². The van der Waals surface area contributed by atoms with Gasteiger partial charge in [-0.25, -0.2) is 9.38 Å². The zero-order valence-electron chi connectivity index (χ0n) is 17.3. The van der Waals surface area contributed by atoms with Crippen LogP contribution in [0.2, 0.25) is 0 Å². The van der Waals surface area contributed by atoms with Crippen LogP contribution in [-0.4, -0.2) is 39.1 Å². The van der Waals surface area contributed by atoms with Gasteiger partial charge < -0.3 is 20.1 Å². The van der Waals surface area contributed by atoms with Gasteiger partial charge in [-0.05, 0) is 54.1 Å². The summed E-state index contributed by atoms with van der Waals surface area (Å²) in [5.41, 5.74) is 3.13. The Morgan fingerprint density at radius 3 is 2.72 bits per heavy atom. The predicted octanol–water partition coefficient (Wildman–Crippen LogP) is 3.97. The number of hydrogen-bond acceptors (Lipinski definition) is 4. The van der Waals surface area contributed by atoms with Crippen LogP contribution in [0.25, 0.3) is 0 Å². The van der Waals surface area contributed by atoms with Crippen LogP contribution in [0.1, 0.15) is 23.6 Å². The van der Waals surface area contributed by atoms with Gasteiger partial charge in [0.05, 0.1) is 13.2 Å². The Morgan fingerprint density at radius 1 is 1.10 bits per heavy atom. The summed E-state index contributed by atoms with van der Waals surface area (Å²) in [4.78, 5) is 4.66. The zero-order valence-corrected chi connectivity index (χ0v) is 18.2. The van der Waals surface area contributed by atoms with E-state index in [2.05, 4.69) is 15.6 Å². The molecule has 0 bridgehead atoms. The molecule has 0 aliphatic heterocycles. The van der Waals surface area contributed by atoms with Crippen molar-refractivity contribution in [2.24, 2.45) is 4.99 Å². The van der Waals surface area contributed by atoms with Gasteiger partial charge in [0, 0.05) is 26.0 Å². The van der Waals surface area contributed by atoms with Gasteiger partial charge in [0.1, 0.15) is 18.2 Å². The molecule has 2 N–H and O–H groups in total. The first-order chi connectivity index (χ1) is 14.2. The minimum absolute atomic E-state index is 0.203. The second kappa shape index (κ2) is 13.1. The van der Waals surface area contributed by atoms with Gasteiger partial charge in [-0.15, -0.1) is 0 Å². The molecule has 0 aliphatic carbocycles. The average molecular weight is 420 g/mol. The number of benzene rings is 2. The highest BCUT2D eigenvalue weighted by molar-refractivity contribution is 7.97. The van der Waals surface area contributed by atoms with Crippen molar-refractivity contribution >= 4 is 17.7 Å². The van der Waals surface area contributed by atoms with E-state index in [9.17, 15) is 4.39 Å². The fourth-order valence-electron chi connectivity index (χ4n) is 2.72. The molecule has 2 aromatic rings. The molecule has 2 rings (SSSR count). The number of ether oxygens (including phenoxy) is 2. The summed E-state index contributed by atoms with van der Waals surface area (Å²) in [6.45, 7) is 4.97. The van der Waals surface area contributed by atoms with E-state index in [-0.39, 0.29) is 5.82 Å². The Kier molecular flexibility index (Phi) is 10.4. The van der Waals surface area contributed by atoms with E-state index in [1.165, 1.54) is 6.07 Å². The SMILES string of the molecule is CCNC(=NCc1cccc(OCCOC)c1)NCc1ccc(F)cc1CSC. The van der Waals surface area contributed by atoms with E-state index in [1.54, 1.807) is 24.9 Å². The van der Waals surface area contributed by atoms with Crippen LogP contribution in [0, 0.1) is 5.82 Å². The first kappa shape index (κ1) is 23.0. The second-order valence-corrected chi connectivity index (χ2v) is 7.25. The molecule has 0 aliphatic rings. The van der Waals surface area contributed by atoms with Gasteiger partial charge in [-0.1, -0.05) is 18.2 Å². The Hall–Kier alpha value is -2.25. The zero-order chi connectivity index (χ0) is 20.9. The summed E-state index contributed by atoms with van der Waals surface area (Å²) in [7, 11) is 1.65. The molecule has 0 unspecified atom stereocenters. The van der Waals surface area contributed by atoms with Crippen LogP contribution in [0.3, 0.4) is 0 Å². The van der Waals surface area contributed by atoms with Crippen LogP contribution < -0.4 is 15.4 Å². The highest BCUT2D eigenvalue weighted by Crippen LogP contribution is 2.17. The number of thioether (sulfide) groups is 1. The molecular formula is C22H30FN3O2S. The van der Waals surface area contributed by atoms with Crippen molar-refractivity contribution in [2.75, 3.05) is 33.1 Å². The molecule has 0 spiro atoms. The van der Waals surface area contributed by atoms with E-state index in [4.69, 9.17) is 9.47 Å². The number of rotatable bonds is 11. The maximum absolute atomic E-state index is 13.5. The molecule has 29 heavy (non-hydrogen) atoms. The second-order valence-electron chi connectivity index (χ2n) is 6.38. The summed E-state index contributed by atoms with van der Waals surface area (Å²) >= 11 is 1.68. The number of halogens is 1. The van der Waals surface area contributed by atoms with E-state index in [0.29, 0.717) is 26.3 Å². The van der Waals surface area contributed by atoms with Crippen molar-refractivity contribution in [3.05, 3.63) is 65.0 Å². The highest BCUT2D eigenvalue weighted by atomic mass is 32.2. The van der Waals surface area contributed by atoms with Gasteiger partial charge in [-0.3, -0.25) is 0 Å². The lowest BCUT2D eigenvalue weighted by Gasteiger charge is -2.14. The van der Waals surface area contributed by atoms with E-state index < -0.39 is 0 Å². The standard InChI is InChI=1S/C22H30FN3O2S/c1-4-24-22(26-15-18-8-9-20(23)13-19(18)16-29-3)25-14-17-6-5-7-21(12-17)28-11-10-27-2/h5-9,12-13H,4,10-11,14-16H2,1-3H3,(H2,24,25,26). The largest absolute Gasteiger partial charge is 0.491 e. The fourth-order valence-corrected chi connectivity index (χ4v) is 3.30. The Labute approximate surface area is 177 Å². The summed E-state index contributed by atoms with van der Waals surface area (Å²) < 4.78 is 24.2. The predicted molar refractivity (Wildman–Crippen MR) is 119 cm³/mol. The first-order valence-electron chi connectivity index (χ1n) is 9.65. The van der Waals surface area contributed by atoms with Crippen LogP contribution in [0.15, 0.2) is 47.5 Å². The van der Waals surface area contributed by atoms with Gasteiger partial charge in [0.25, 0.3) is 0 Å². The van der Waals surface area contributed by atoms with Gasteiger partial charge in [0.2, 0.25) is 0 Å². The first-order valence-corrected chi connectivity index (χ1v) is 11.0. The molecule has 0 fully saturated rings. The number of hydrogen-bond donors (Lipinski definition) is 2. The quantitative estimate of drug-likeness (QED) is 0.328. The monoisotopic (exact) mass is 419 g/mol. The minimum atomic E-state index is -0.203. The Balaban J connectivity index is 2.00. The highest BCUT2D eigenvalue weighted by Gasteiger charge is 2.06. The molecule has 0 amide bonds. The van der Waals surface area contributed by atoms with E-state index in [1.807, 2.05) is 43.5 Å². The normalized spacial score (nSPS) is 11.4. The van der Waals surface area contributed by atoms with Crippen LogP contribution in [0.4, 0.5) is 4.39 Å².